The number of benzene rings is 2. The Morgan fingerprint density at radius 3 is 2.48 bits per heavy atom. The van der Waals surface area contributed by atoms with Crippen LogP contribution >= 0.6 is 0 Å². The van der Waals surface area contributed by atoms with E-state index in [1.807, 2.05) is 36.4 Å². The van der Waals surface area contributed by atoms with Crippen LogP contribution in [0.3, 0.4) is 0 Å². The van der Waals surface area contributed by atoms with Gasteiger partial charge in [-0.2, -0.15) is 0 Å². The number of nitrogens with zero attached hydrogens (tertiary/aromatic N) is 1. The summed E-state index contributed by atoms with van der Waals surface area (Å²) in [5.74, 6) is -0.167. The average Bonchev–Trinajstić information content (AvgIpc) is 3.02. The summed E-state index contributed by atoms with van der Waals surface area (Å²) in [4.78, 5) is 23.7. The number of hydrogen-bond donors (Lipinski definition) is 0. The maximum atomic E-state index is 12.2. The maximum absolute atomic E-state index is 12.2. The Kier molecular flexibility index (Phi) is 6.80. The second-order valence-corrected chi connectivity index (χ2v) is 7.34. The van der Waals surface area contributed by atoms with Crippen LogP contribution in [0.25, 0.3) is 10.9 Å². The maximum Gasteiger partial charge on any atom is 0.346 e. The first-order valence-electron chi connectivity index (χ1n) is 10.1. The summed E-state index contributed by atoms with van der Waals surface area (Å²) in [5, 5.41) is 1.03. The molecule has 0 aliphatic heterocycles. The predicted octanol–water partition coefficient (Wildman–Crippen LogP) is 4.59. The highest BCUT2D eigenvalue weighted by atomic mass is 16.6. The summed E-state index contributed by atoms with van der Waals surface area (Å²) < 4.78 is 17.7. The third kappa shape index (κ3) is 4.79. The largest absolute Gasteiger partial charge is 0.479 e. The summed E-state index contributed by atoms with van der Waals surface area (Å²) >= 11 is 0. The van der Waals surface area contributed by atoms with Crippen molar-refractivity contribution in [3.63, 3.8) is 0 Å². The van der Waals surface area contributed by atoms with Crippen molar-refractivity contribution >= 4 is 22.8 Å². The Morgan fingerprint density at radius 2 is 1.84 bits per heavy atom. The molecular formula is C25H27NO5. The van der Waals surface area contributed by atoms with Crippen LogP contribution in [0.1, 0.15) is 34.1 Å². The van der Waals surface area contributed by atoms with Gasteiger partial charge in [0.05, 0.1) is 12.7 Å². The summed E-state index contributed by atoms with van der Waals surface area (Å²) in [7, 11) is 1.34. The molecule has 0 fully saturated rings. The zero-order chi connectivity index (χ0) is 22.5. The number of rotatable bonds is 8. The zero-order valence-electron chi connectivity index (χ0n) is 18.3. The number of ether oxygens (including phenoxy) is 3. The molecule has 0 aliphatic carbocycles. The topological polar surface area (TPSA) is 66.8 Å². The Labute approximate surface area is 182 Å². The van der Waals surface area contributed by atoms with Crippen LogP contribution in [0.4, 0.5) is 0 Å². The van der Waals surface area contributed by atoms with E-state index in [0.29, 0.717) is 17.9 Å². The van der Waals surface area contributed by atoms with Crippen LogP contribution in [0.2, 0.25) is 0 Å². The van der Waals surface area contributed by atoms with Crippen molar-refractivity contribution in [2.75, 3.05) is 13.7 Å². The lowest BCUT2D eigenvalue weighted by Gasteiger charge is -2.13. The van der Waals surface area contributed by atoms with E-state index in [4.69, 9.17) is 9.47 Å². The molecule has 0 aliphatic rings. The minimum absolute atomic E-state index is 0.189. The van der Waals surface area contributed by atoms with Gasteiger partial charge in [0.2, 0.25) is 0 Å². The Bertz CT molecular complexity index is 1110. The van der Waals surface area contributed by atoms with Crippen LogP contribution in [0, 0.1) is 13.8 Å². The third-order valence-electron chi connectivity index (χ3n) is 5.32. The van der Waals surface area contributed by atoms with Crippen LogP contribution in [0.5, 0.6) is 5.75 Å². The standard InChI is InChI=1S/C25H27NO5/c1-6-13-30-25(28)20-9-12-23-22(14-20)16(2)17(3)26(23)15-19-7-10-21(11-8-19)31-18(4)24(27)29-5/h6-12,14,18H,1,13,15H2,2-5H3/t18-/m1/s1. The molecule has 2 aromatic carbocycles. The number of aromatic nitrogens is 1. The van der Waals surface area contributed by atoms with Gasteiger partial charge in [0.15, 0.2) is 6.10 Å². The van der Waals surface area contributed by atoms with E-state index in [0.717, 1.165) is 27.7 Å². The van der Waals surface area contributed by atoms with Crippen molar-refractivity contribution < 1.29 is 23.8 Å². The van der Waals surface area contributed by atoms with Gasteiger partial charge < -0.3 is 18.8 Å². The highest BCUT2D eigenvalue weighted by Gasteiger charge is 2.16. The molecule has 3 aromatic rings. The molecular weight excluding hydrogens is 394 g/mol. The van der Waals surface area contributed by atoms with E-state index in [-0.39, 0.29) is 12.6 Å². The van der Waals surface area contributed by atoms with Crippen LogP contribution in [-0.4, -0.2) is 36.3 Å². The van der Waals surface area contributed by atoms with Crippen molar-refractivity contribution in [3.05, 3.63) is 77.5 Å². The van der Waals surface area contributed by atoms with Gasteiger partial charge in [-0.15, -0.1) is 0 Å². The van der Waals surface area contributed by atoms with Gasteiger partial charge in [-0.1, -0.05) is 24.8 Å². The molecule has 0 bridgehead atoms. The lowest BCUT2D eigenvalue weighted by atomic mass is 10.1. The zero-order valence-corrected chi connectivity index (χ0v) is 18.3. The van der Waals surface area contributed by atoms with Gasteiger partial charge in [0, 0.05) is 23.1 Å². The van der Waals surface area contributed by atoms with E-state index >= 15 is 0 Å². The van der Waals surface area contributed by atoms with Crippen LogP contribution < -0.4 is 4.74 Å². The van der Waals surface area contributed by atoms with Crippen LogP contribution in [0.15, 0.2) is 55.1 Å². The van der Waals surface area contributed by atoms with Crippen molar-refractivity contribution in [2.45, 2.75) is 33.4 Å². The molecule has 31 heavy (non-hydrogen) atoms. The molecule has 1 atom stereocenters. The Hall–Kier alpha value is -3.54. The fourth-order valence-electron chi connectivity index (χ4n) is 3.47. The fourth-order valence-corrected chi connectivity index (χ4v) is 3.47. The molecule has 0 radical (unpaired) electrons. The van der Waals surface area contributed by atoms with E-state index in [2.05, 4.69) is 29.7 Å². The monoisotopic (exact) mass is 421 g/mol. The molecule has 1 heterocycles. The van der Waals surface area contributed by atoms with Crippen molar-refractivity contribution in [1.82, 2.24) is 4.57 Å². The van der Waals surface area contributed by atoms with Gasteiger partial charge in [0.1, 0.15) is 12.4 Å². The van der Waals surface area contributed by atoms with Crippen LogP contribution in [-0.2, 0) is 20.8 Å². The van der Waals surface area contributed by atoms with Crippen molar-refractivity contribution in [3.8, 4) is 5.75 Å². The molecule has 1 aromatic heterocycles. The molecule has 6 heteroatoms. The van der Waals surface area contributed by atoms with E-state index in [9.17, 15) is 9.59 Å². The fraction of sp³-hybridized carbons (Fsp3) is 0.280. The average molecular weight is 421 g/mol. The summed E-state index contributed by atoms with van der Waals surface area (Å²) in [5.41, 5.74) is 4.92. The molecule has 0 amide bonds. The van der Waals surface area contributed by atoms with Gasteiger partial charge in [-0.3, -0.25) is 0 Å². The molecule has 0 saturated heterocycles. The number of esters is 2. The van der Waals surface area contributed by atoms with Crippen molar-refractivity contribution in [1.29, 1.82) is 0 Å². The second-order valence-electron chi connectivity index (χ2n) is 7.34. The molecule has 3 rings (SSSR count). The molecule has 0 saturated carbocycles. The molecule has 162 valence electrons. The molecule has 0 spiro atoms. The highest BCUT2D eigenvalue weighted by Crippen LogP contribution is 2.28. The minimum Gasteiger partial charge on any atom is -0.479 e. The molecule has 6 nitrogen and oxygen atoms in total. The van der Waals surface area contributed by atoms with Gasteiger partial charge in [-0.25, -0.2) is 9.59 Å². The lowest BCUT2D eigenvalue weighted by molar-refractivity contribution is -0.147. The van der Waals surface area contributed by atoms with Gasteiger partial charge >= 0.3 is 11.9 Å². The minimum atomic E-state index is -0.665. The third-order valence-corrected chi connectivity index (χ3v) is 5.32. The number of carbonyl (C=O) groups excluding carboxylic acids is 2. The number of hydrogen-bond acceptors (Lipinski definition) is 5. The Balaban J connectivity index is 1.83. The molecule has 0 unspecified atom stereocenters. The van der Waals surface area contributed by atoms with Gasteiger partial charge in [-0.05, 0) is 62.2 Å². The summed E-state index contributed by atoms with van der Waals surface area (Å²) in [6.45, 7) is 10.2. The number of methoxy groups -OCH3 is 1. The number of aryl methyl sites for hydroxylation is 1. The van der Waals surface area contributed by atoms with E-state index in [1.165, 1.54) is 7.11 Å². The molecule has 0 N–H and O–H groups in total. The highest BCUT2D eigenvalue weighted by molar-refractivity contribution is 5.96. The quantitative estimate of drug-likeness (QED) is 0.393. The van der Waals surface area contributed by atoms with E-state index in [1.54, 1.807) is 19.1 Å². The number of carbonyl (C=O) groups is 2. The normalized spacial score (nSPS) is 11.7. The summed E-state index contributed by atoms with van der Waals surface area (Å²) in [6, 6.07) is 13.3. The SMILES string of the molecule is C=CCOC(=O)c1ccc2c(c1)c(C)c(C)n2Cc1ccc(O[C@H](C)C(=O)OC)cc1. The first kappa shape index (κ1) is 22.2. The Morgan fingerprint density at radius 1 is 1.13 bits per heavy atom. The second kappa shape index (κ2) is 9.51. The predicted molar refractivity (Wildman–Crippen MR) is 120 cm³/mol. The lowest BCUT2D eigenvalue weighted by Crippen LogP contribution is -2.24. The van der Waals surface area contributed by atoms with Crippen molar-refractivity contribution in [2.24, 2.45) is 0 Å². The first-order chi connectivity index (χ1) is 14.8. The summed E-state index contributed by atoms with van der Waals surface area (Å²) in [6.07, 6.45) is 0.885. The number of fused-ring (bicyclic) bond motifs is 1. The van der Waals surface area contributed by atoms with Gasteiger partial charge in [0.25, 0.3) is 0 Å². The first-order valence-corrected chi connectivity index (χ1v) is 10.1. The smallest absolute Gasteiger partial charge is 0.346 e. The van der Waals surface area contributed by atoms with E-state index < -0.39 is 12.1 Å².